The molecule has 0 radical (unpaired) electrons. The number of nitrogens with zero attached hydrogens (tertiary/aromatic N) is 1. The third-order valence-electron chi connectivity index (χ3n) is 5.79. The van der Waals surface area contributed by atoms with Crippen molar-refractivity contribution < 1.29 is 18.6 Å². The molecule has 0 aliphatic carbocycles. The summed E-state index contributed by atoms with van der Waals surface area (Å²) in [4.78, 5) is 15.1. The van der Waals surface area contributed by atoms with Crippen molar-refractivity contribution in [2.24, 2.45) is 0 Å². The van der Waals surface area contributed by atoms with Crippen molar-refractivity contribution in [3.05, 3.63) is 87.2 Å². The summed E-state index contributed by atoms with van der Waals surface area (Å²) in [5.74, 6) is 1.86. The summed E-state index contributed by atoms with van der Waals surface area (Å²) in [6.07, 6.45) is 0. The standard InChI is InChI=1S/C26H22ClNO5/c1-30-23-10-7-16(12-24(23)31-2)19-11-17-8-9-22-20(25(17)33-26(19)29)14-28(15-32-22)13-18-5-3-4-6-21(18)27/h3-12H,13-15H2,1-2H3. The molecule has 0 saturated carbocycles. The zero-order valence-corrected chi connectivity index (χ0v) is 19.0. The fourth-order valence-corrected chi connectivity index (χ4v) is 4.31. The Morgan fingerprint density at radius 1 is 1.00 bits per heavy atom. The zero-order valence-electron chi connectivity index (χ0n) is 18.3. The predicted octanol–water partition coefficient (Wildman–Crippen LogP) is 5.48. The monoisotopic (exact) mass is 463 g/mol. The maximum atomic E-state index is 13.0. The van der Waals surface area contributed by atoms with Gasteiger partial charge in [0.15, 0.2) is 11.5 Å². The lowest BCUT2D eigenvalue weighted by Gasteiger charge is -2.29. The summed E-state index contributed by atoms with van der Waals surface area (Å²) >= 11 is 6.33. The van der Waals surface area contributed by atoms with Crippen LogP contribution in [-0.2, 0) is 13.1 Å². The third kappa shape index (κ3) is 4.03. The van der Waals surface area contributed by atoms with E-state index in [0.717, 1.165) is 22.3 Å². The molecule has 33 heavy (non-hydrogen) atoms. The average Bonchev–Trinajstić information content (AvgIpc) is 2.84. The highest BCUT2D eigenvalue weighted by molar-refractivity contribution is 6.31. The van der Waals surface area contributed by atoms with Crippen LogP contribution in [0.5, 0.6) is 17.2 Å². The van der Waals surface area contributed by atoms with Gasteiger partial charge >= 0.3 is 5.63 Å². The van der Waals surface area contributed by atoms with Gasteiger partial charge in [-0.05, 0) is 47.5 Å². The van der Waals surface area contributed by atoms with Crippen molar-refractivity contribution in [2.75, 3.05) is 21.0 Å². The Balaban J connectivity index is 1.52. The van der Waals surface area contributed by atoms with Crippen LogP contribution in [0.2, 0.25) is 5.02 Å². The van der Waals surface area contributed by atoms with E-state index in [1.807, 2.05) is 48.5 Å². The first kappa shape index (κ1) is 21.4. The molecule has 0 atom stereocenters. The molecule has 0 saturated heterocycles. The van der Waals surface area contributed by atoms with Crippen molar-refractivity contribution >= 4 is 22.6 Å². The van der Waals surface area contributed by atoms with Gasteiger partial charge in [-0.25, -0.2) is 4.79 Å². The molecule has 1 aromatic heterocycles. The van der Waals surface area contributed by atoms with Crippen LogP contribution >= 0.6 is 11.6 Å². The van der Waals surface area contributed by atoms with Crippen molar-refractivity contribution in [2.45, 2.75) is 13.1 Å². The molecule has 4 aromatic rings. The van der Waals surface area contributed by atoms with Crippen LogP contribution < -0.4 is 19.8 Å². The third-order valence-corrected chi connectivity index (χ3v) is 6.16. The Morgan fingerprint density at radius 3 is 2.61 bits per heavy atom. The van der Waals surface area contributed by atoms with E-state index < -0.39 is 5.63 Å². The van der Waals surface area contributed by atoms with E-state index in [2.05, 4.69) is 4.90 Å². The Labute approximate surface area is 195 Å². The molecule has 6 nitrogen and oxygen atoms in total. The second-order valence-corrected chi connectivity index (χ2v) is 8.24. The van der Waals surface area contributed by atoms with E-state index in [4.69, 9.17) is 30.2 Å². The highest BCUT2D eigenvalue weighted by Gasteiger charge is 2.23. The largest absolute Gasteiger partial charge is 0.493 e. The summed E-state index contributed by atoms with van der Waals surface area (Å²) in [5, 5.41) is 1.54. The molecule has 3 aromatic carbocycles. The molecule has 1 aliphatic rings. The topological polar surface area (TPSA) is 61.1 Å². The molecular formula is C26H22ClNO5. The van der Waals surface area contributed by atoms with Gasteiger partial charge in [-0.1, -0.05) is 35.9 Å². The van der Waals surface area contributed by atoms with Crippen LogP contribution in [0.15, 0.2) is 69.9 Å². The number of benzene rings is 3. The number of methoxy groups -OCH3 is 2. The normalized spacial score (nSPS) is 13.4. The molecule has 0 unspecified atom stereocenters. The number of hydrogen-bond donors (Lipinski definition) is 0. The van der Waals surface area contributed by atoms with Gasteiger partial charge in [0.1, 0.15) is 18.1 Å². The molecule has 0 spiro atoms. The van der Waals surface area contributed by atoms with Crippen LogP contribution in [0.25, 0.3) is 22.1 Å². The van der Waals surface area contributed by atoms with Crippen LogP contribution in [0, 0.1) is 0 Å². The molecule has 0 N–H and O–H groups in total. The van der Waals surface area contributed by atoms with Crippen molar-refractivity contribution in [3.63, 3.8) is 0 Å². The van der Waals surface area contributed by atoms with E-state index in [9.17, 15) is 4.79 Å². The Morgan fingerprint density at radius 2 is 1.82 bits per heavy atom. The van der Waals surface area contributed by atoms with Gasteiger partial charge in [0.2, 0.25) is 0 Å². The highest BCUT2D eigenvalue weighted by Crippen LogP contribution is 2.36. The molecule has 2 heterocycles. The number of rotatable bonds is 5. The maximum Gasteiger partial charge on any atom is 0.344 e. The van der Waals surface area contributed by atoms with Crippen molar-refractivity contribution in [3.8, 4) is 28.4 Å². The second-order valence-electron chi connectivity index (χ2n) is 7.83. The van der Waals surface area contributed by atoms with Gasteiger partial charge in [0, 0.05) is 23.5 Å². The average molecular weight is 464 g/mol. The van der Waals surface area contributed by atoms with Crippen LogP contribution in [0.1, 0.15) is 11.1 Å². The maximum absolute atomic E-state index is 13.0. The summed E-state index contributed by atoms with van der Waals surface area (Å²) in [6.45, 7) is 1.64. The van der Waals surface area contributed by atoms with Gasteiger partial charge in [-0.15, -0.1) is 0 Å². The second kappa shape index (κ2) is 8.81. The van der Waals surface area contributed by atoms with Crippen molar-refractivity contribution in [1.82, 2.24) is 4.90 Å². The fraction of sp³-hybridized carbons (Fsp3) is 0.192. The zero-order chi connectivity index (χ0) is 22.9. The lowest BCUT2D eigenvalue weighted by Crippen LogP contribution is -2.31. The SMILES string of the molecule is COc1ccc(-c2cc3ccc4c(c3oc2=O)CN(Cc2ccccc2Cl)CO4)cc1OC. The molecule has 1 aliphatic heterocycles. The van der Waals surface area contributed by atoms with Gasteiger partial charge in [0.25, 0.3) is 0 Å². The molecule has 7 heteroatoms. The van der Waals surface area contributed by atoms with Gasteiger partial charge in [0.05, 0.1) is 25.3 Å². The smallest absolute Gasteiger partial charge is 0.344 e. The number of ether oxygens (including phenoxy) is 3. The molecule has 0 bridgehead atoms. The Bertz CT molecular complexity index is 1400. The van der Waals surface area contributed by atoms with Crippen molar-refractivity contribution in [1.29, 1.82) is 0 Å². The van der Waals surface area contributed by atoms with E-state index in [0.29, 0.717) is 53.1 Å². The minimum Gasteiger partial charge on any atom is -0.493 e. The number of fused-ring (bicyclic) bond motifs is 3. The van der Waals surface area contributed by atoms with E-state index in [1.54, 1.807) is 26.4 Å². The molecule has 5 rings (SSSR count). The Hall–Kier alpha value is -3.48. The van der Waals surface area contributed by atoms with Gasteiger partial charge in [-0.3, -0.25) is 4.90 Å². The molecule has 0 fully saturated rings. The highest BCUT2D eigenvalue weighted by atomic mass is 35.5. The summed E-state index contributed by atoms with van der Waals surface area (Å²) in [6, 6.07) is 18.8. The first-order valence-corrected chi connectivity index (χ1v) is 10.9. The molecular weight excluding hydrogens is 442 g/mol. The summed E-state index contributed by atoms with van der Waals surface area (Å²) < 4.78 is 22.5. The lowest BCUT2D eigenvalue weighted by atomic mass is 10.0. The first-order chi connectivity index (χ1) is 16.1. The van der Waals surface area contributed by atoms with Crippen LogP contribution in [0.3, 0.4) is 0 Å². The van der Waals surface area contributed by atoms with Gasteiger partial charge in [-0.2, -0.15) is 0 Å². The molecule has 0 amide bonds. The number of halogens is 1. The number of hydrogen-bond acceptors (Lipinski definition) is 6. The predicted molar refractivity (Wildman–Crippen MR) is 127 cm³/mol. The van der Waals surface area contributed by atoms with E-state index >= 15 is 0 Å². The van der Waals surface area contributed by atoms with E-state index in [-0.39, 0.29) is 0 Å². The summed E-state index contributed by atoms with van der Waals surface area (Å²) in [5.41, 5.74) is 3.12. The van der Waals surface area contributed by atoms with Gasteiger partial charge < -0.3 is 18.6 Å². The van der Waals surface area contributed by atoms with Crippen LogP contribution in [-0.4, -0.2) is 25.9 Å². The quantitative estimate of drug-likeness (QED) is 0.365. The van der Waals surface area contributed by atoms with Crippen LogP contribution in [0.4, 0.5) is 0 Å². The summed E-state index contributed by atoms with van der Waals surface area (Å²) in [7, 11) is 3.13. The lowest BCUT2D eigenvalue weighted by molar-refractivity contribution is 0.0890. The minimum atomic E-state index is -0.425. The Kier molecular flexibility index (Phi) is 5.70. The first-order valence-electron chi connectivity index (χ1n) is 10.5. The fourth-order valence-electron chi connectivity index (χ4n) is 4.11. The van der Waals surface area contributed by atoms with E-state index in [1.165, 1.54) is 0 Å². The minimum absolute atomic E-state index is 0.425. The molecule has 168 valence electrons.